The van der Waals surface area contributed by atoms with Gasteiger partial charge in [0, 0.05) is 19.0 Å². The Balaban J connectivity index is 1.28. The fraction of sp³-hybridized carbons (Fsp3) is 0.531. The minimum absolute atomic E-state index is 0.0290. The molecule has 1 aliphatic heterocycles. The van der Waals surface area contributed by atoms with Gasteiger partial charge < -0.3 is 10.2 Å². The SMILES string of the molecule is O=C(CC1(CCCc2ccc(-c3ccccc3)cc2)CCN(C(C(=O)NC2CC2)C2CCCCC2)C1=O)NO. The van der Waals surface area contributed by atoms with Crippen molar-refractivity contribution in [1.82, 2.24) is 15.7 Å². The zero-order valence-electron chi connectivity index (χ0n) is 22.7. The predicted octanol–water partition coefficient (Wildman–Crippen LogP) is 5.02. The van der Waals surface area contributed by atoms with E-state index in [-0.39, 0.29) is 30.2 Å². The van der Waals surface area contributed by atoms with Crippen molar-refractivity contribution in [1.29, 1.82) is 0 Å². The topological polar surface area (TPSA) is 98.7 Å². The largest absolute Gasteiger partial charge is 0.352 e. The minimum atomic E-state index is -0.899. The van der Waals surface area contributed by atoms with Crippen LogP contribution in [-0.4, -0.2) is 46.5 Å². The van der Waals surface area contributed by atoms with Crippen molar-refractivity contribution in [2.24, 2.45) is 11.3 Å². The maximum atomic E-state index is 14.1. The zero-order chi connectivity index (χ0) is 27.2. The molecule has 2 saturated carbocycles. The first-order valence-electron chi connectivity index (χ1n) is 14.7. The van der Waals surface area contributed by atoms with Crippen LogP contribution in [0.5, 0.6) is 0 Å². The molecule has 39 heavy (non-hydrogen) atoms. The van der Waals surface area contributed by atoms with Crippen molar-refractivity contribution >= 4 is 17.7 Å². The van der Waals surface area contributed by atoms with Gasteiger partial charge in [-0.1, -0.05) is 73.9 Å². The number of hydrogen-bond acceptors (Lipinski definition) is 4. The highest BCUT2D eigenvalue weighted by molar-refractivity contribution is 5.94. The summed E-state index contributed by atoms with van der Waals surface area (Å²) in [7, 11) is 0. The van der Waals surface area contributed by atoms with Crippen molar-refractivity contribution < 1.29 is 19.6 Å². The second-order valence-corrected chi connectivity index (χ2v) is 11.8. The van der Waals surface area contributed by atoms with Gasteiger partial charge in [-0.05, 0) is 74.0 Å². The van der Waals surface area contributed by atoms with Crippen molar-refractivity contribution in [2.45, 2.75) is 89.1 Å². The normalized spacial score (nSPS) is 22.5. The quantitative estimate of drug-likeness (QED) is 0.280. The number of nitrogens with zero attached hydrogens (tertiary/aromatic N) is 1. The van der Waals surface area contributed by atoms with Crippen molar-refractivity contribution in [3.05, 3.63) is 60.2 Å². The molecule has 1 heterocycles. The van der Waals surface area contributed by atoms with Crippen LogP contribution in [0.2, 0.25) is 0 Å². The molecule has 2 unspecified atom stereocenters. The monoisotopic (exact) mass is 531 g/mol. The number of rotatable bonds is 11. The molecular formula is C32H41N3O4. The lowest BCUT2D eigenvalue weighted by Gasteiger charge is -2.37. The molecule has 2 atom stereocenters. The van der Waals surface area contributed by atoms with E-state index in [4.69, 9.17) is 0 Å². The van der Waals surface area contributed by atoms with Gasteiger partial charge in [0.2, 0.25) is 17.7 Å². The van der Waals surface area contributed by atoms with Crippen LogP contribution < -0.4 is 10.8 Å². The molecule has 1 saturated heterocycles. The molecule has 3 amide bonds. The molecule has 208 valence electrons. The van der Waals surface area contributed by atoms with E-state index in [1.807, 2.05) is 18.2 Å². The van der Waals surface area contributed by atoms with Gasteiger partial charge in [-0.25, -0.2) is 5.48 Å². The van der Waals surface area contributed by atoms with E-state index < -0.39 is 17.4 Å². The van der Waals surface area contributed by atoms with Gasteiger partial charge in [-0.2, -0.15) is 0 Å². The van der Waals surface area contributed by atoms with Gasteiger partial charge in [-0.3, -0.25) is 19.6 Å². The highest BCUT2D eigenvalue weighted by Crippen LogP contribution is 2.43. The van der Waals surface area contributed by atoms with Crippen LogP contribution in [-0.2, 0) is 20.8 Å². The van der Waals surface area contributed by atoms with Crippen LogP contribution in [0.15, 0.2) is 54.6 Å². The number of likely N-dealkylation sites (tertiary alicyclic amines) is 1. The second-order valence-electron chi connectivity index (χ2n) is 11.8. The third-order valence-corrected chi connectivity index (χ3v) is 8.98. The van der Waals surface area contributed by atoms with Crippen molar-refractivity contribution in [3.8, 4) is 11.1 Å². The lowest BCUT2D eigenvalue weighted by Crippen LogP contribution is -2.54. The van der Waals surface area contributed by atoms with Gasteiger partial charge in [0.25, 0.3) is 0 Å². The van der Waals surface area contributed by atoms with Crippen LogP contribution in [0.25, 0.3) is 11.1 Å². The second kappa shape index (κ2) is 12.3. The van der Waals surface area contributed by atoms with Crippen LogP contribution >= 0.6 is 0 Å². The minimum Gasteiger partial charge on any atom is -0.352 e. The molecule has 5 rings (SSSR count). The van der Waals surface area contributed by atoms with Gasteiger partial charge in [0.1, 0.15) is 6.04 Å². The summed E-state index contributed by atoms with van der Waals surface area (Å²) in [6.07, 6.45) is 9.79. The van der Waals surface area contributed by atoms with E-state index in [2.05, 4.69) is 41.7 Å². The molecule has 2 aromatic rings. The molecule has 0 radical (unpaired) electrons. The number of carbonyl (C=O) groups is 3. The molecule has 0 aromatic heterocycles. The lowest BCUT2D eigenvalue weighted by molar-refractivity contribution is -0.148. The van der Waals surface area contributed by atoms with Crippen molar-refractivity contribution in [3.63, 3.8) is 0 Å². The Hall–Kier alpha value is -3.19. The Morgan fingerprint density at radius 1 is 0.949 bits per heavy atom. The first-order chi connectivity index (χ1) is 19.0. The van der Waals surface area contributed by atoms with E-state index in [1.165, 1.54) is 17.5 Å². The summed E-state index contributed by atoms with van der Waals surface area (Å²) in [4.78, 5) is 41.7. The van der Waals surface area contributed by atoms with Crippen molar-refractivity contribution in [2.75, 3.05) is 6.54 Å². The molecule has 2 aromatic carbocycles. The Labute approximate surface area is 231 Å². The highest BCUT2D eigenvalue weighted by atomic mass is 16.5. The Morgan fingerprint density at radius 2 is 1.64 bits per heavy atom. The van der Waals surface area contributed by atoms with Crippen LogP contribution in [0, 0.1) is 11.3 Å². The Bertz CT molecular complexity index is 1140. The average molecular weight is 532 g/mol. The number of aryl methyl sites for hydroxylation is 1. The summed E-state index contributed by atoms with van der Waals surface area (Å²) in [5.74, 6) is -0.521. The molecule has 2 aliphatic carbocycles. The van der Waals surface area contributed by atoms with Gasteiger partial charge in [0.05, 0.1) is 5.41 Å². The number of hydroxylamine groups is 1. The maximum Gasteiger partial charge on any atom is 0.244 e. The molecule has 7 heteroatoms. The number of hydrogen-bond donors (Lipinski definition) is 3. The highest BCUT2D eigenvalue weighted by Gasteiger charge is 2.52. The van der Waals surface area contributed by atoms with E-state index in [0.29, 0.717) is 19.4 Å². The summed E-state index contributed by atoms with van der Waals surface area (Å²) in [6, 6.07) is 18.5. The summed E-state index contributed by atoms with van der Waals surface area (Å²) >= 11 is 0. The van der Waals surface area contributed by atoms with Gasteiger partial charge >= 0.3 is 0 Å². The molecule has 7 nitrogen and oxygen atoms in total. The van der Waals surface area contributed by atoms with Crippen LogP contribution in [0.3, 0.4) is 0 Å². The van der Waals surface area contributed by atoms with E-state index in [1.54, 1.807) is 10.4 Å². The molecule has 3 N–H and O–H groups in total. The van der Waals surface area contributed by atoms with Crippen LogP contribution in [0.1, 0.15) is 76.2 Å². The average Bonchev–Trinajstić information content (AvgIpc) is 3.74. The molecular weight excluding hydrogens is 490 g/mol. The Morgan fingerprint density at radius 3 is 2.31 bits per heavy atom. The smallest absolute Gasteiger partial charge is 0.244 e. The number of nitrogens with one attached hydrogen (secondary N) is 2. The van der Waals surface area contributed by atoms with Crippen LogP contribution in [0.4, 0.5) is 0 Å². The zero-order valence-corrected chi connectivity index (χ0v) is 22.7. The first-order valence-corrected chi connectivity index (χ1v) is 14.7. The first kappa shape index (κ1) is 27.4. The van der Waals surface area contributed by atoms with Gasteiger partial charge in [0.15, 0.2) is 0 Å². The summed E-state index contributed by atoms with van der Waals surface area (Å²) in [5, 5.41) is 12.5. The standard InChI is InChI=1S/C32H41N3O4/c36-28(34-39)22-32(19-7-8-23-13-15-25(16-14-23)24-9-3-1-4-10-24)20-21-35(31(32)38)29(26-11-5-2-6-12-26)30(37)33-27-17-18-27/h1,3-4,9-10,13-16,26-27,29,39H,2,5-8,11-12,17-22H2,(H,33,37)(H,34,36). The third kappa shape index (κ3) is 6.52. The lowest BCUT2D eigenvalue weighted by atomic mass is 9.77. The maximum absolute atomic E-state index is 14.1. The number of carbonyl (C=O) groups excluding carboxylic acids is 3. The summed E-state index contributed by atoms with van der Waals surface area (Å²) in [6.45, 7) is 0.475. The molecule has 0 spiro atoms. The predicted molar refractivity (Wildman–Crippen MR) is 150 cm³/mol. The Kier molecular flexibility index (Phi) is 8.66. The van der Waals surface area contributed by atoms with E-state index >= 15 is 0 Å². The molecule has 3 fully saturated rings. The summed E-state index contributed by atoms with van der Waals surface area (Å²) in [5.41, 5.74) is 4.36. The summed E-state index contributed by atoms with van der Waals surface area (Å²) < 4.78 is 0. The van der Waals surface area contributed by atoms with E-state index in [9.17, 15) is 19.6 Å². The van der Waals surface area contributed by atoms with E-state index in [0.717, 1.165) is 56.9 Å². The fourth-order valence-corrected chi connectivity index (χ4v) is 6.64. The fourth-order valence-electron chi connectivity index (χ4n) is 6.64. The molecule has 0 bridgehead atoms. The number of benzene rings is 2. The van der Waals surface area contributed by atoms with Gasteiger partial charge in [-0.15, -0.1) is 0 Å². The molecule has 3 aliphatic rings. The third-order valence-electron chi connectivity index (χ3n) is 8.98. The number of amides is 3.